The molecule has 0 aromatic carbocycles. The zero-order valence-electron chi connectivity index (χ0n) is 17.6. The van der Waals surface area contributed by atoms with Gasteiger partial charge in [-0.1, -0.05) is 6.92 Å². The Morgan fingerprint density at radius 2 is 2.17 bits per heavy atom. The fraction of sp³-hybridized carbons (Fsp3) is 0.636. The van der Waals surface area contributed by atoms with E-state index in [-0.39, 0.29) is 17.3 Å². The predicted octanol–water partition coefficient (Wildman–Crippen LogP) is 2.21. The summed E-state index contributed by atoms with van der Waals surface area (Å²) in [7, 11) is 0. The second kappa shape index (κ2) is 9.12. The molecule has 162 valence electrons. The van der Waals surface area contributed by atoms with Crippen LogP contribution in [0.25, 0.3) is 0 Å². The largest absolute Gasteiger partial charge is 0.461 e. The minimum absolute atomic E-state index is 0.00390. The van der Waals surface area contributed by atoms with Crippen LogP contribution in [0.4, 0.5) is 0 Å². The number of hydrogen-bond acceptors (Lipinski definition) is 6. The normalized spacial score (nSPS) is 19.9. The van der Waals surface area contributed by atoms with Crippen molar-refractivity contribution in [3.8, 4) is 0 Å². The molecule has 1 N–H and O–H groups in total. The van der Waals surface area contributed by atoms with Crippen molar-refractivity contribution in [2.24, 2.45) is 10.4 Å². The van der Waals surface area contributed by atoms with Crippen molar-refractivity contribution in [2.45, 2.75) is 58.4 Å². The SMILES string of the molecule is CCc1nn(CCCCOC(=O)C2=CCC=N2)c2c1C(=O)NCC1(CCOCC1)C2. The number of nitrogens with zero attached hydrogens (tertiary/aromatic N) is 3. The second-order valence-corrected chi connectivity index (χ2v) is 8.30. The lowest BCUT2D eigenvalue weighted by atomic mass is 9.76. The highest BCUT2D eigenvalue weighted by atomic mass is 16.5. The van der Waals surface area contributed by atoms with Crippen LogP contribution in [0.2, 0.25) is 0 Å². The van der Waals surface area contributed by atoms with Crippen molar-refractivity contribution in [1.29, 1.82) is 0 Å². The zero-order chi connectivity index (χ0) is 21.0. The van der Waals surface area contributed by atoms with Crippen molar-refractivity contribution >= 4 is 18.1 Å². The van der Waals surface area contributed by atoms with Crippen molar-refractivity contribution < 1.29 is 19.1 Å². The minimum atomic E-state index is -0.358. The molecule has 1 aromatic heterocycles. The molecular weight excluding hydrogens is 384 g/mol. The first-order valence-corrected chi connectivity index (χ1v) is 11.0. The van der Waals surface area contributed by atoms with E-state index in [9.17, 15) is 9.59 Å². The summed E-state index contributed by atoms with van der Waals surface area (Å²) in [6, 6.07) is 0. The average molecular weight is 415 g/mol. The predicted molar refractivity (Wildman–Crippen MR) is 112 cm³/mol. The zero-order valence-corrected chi connectivity index (χ0v) is 17.6. The third-order valence-electron chi connectivity index (χ3n) is 6.27. The second-order valence-electron chi connectivity index (χ2n) is 8.30. The molecular formula is C22H30N4O4. The number of ether oxygens (including phenoxy) is 2. The molecule has 3 aliphatic heterocycles. The van der Waals surface area contributed by atoms with Crippen LogP contribution >= 0.6 is 0 Å². The van der Waals surface area contributed by atoms with Crippen LogP contribution in [0, 0.1) is 5.41 Å². The summed E-state index contributed by atoms with van der Waals surface area (Å²) in [6.07, 6.45) is 9.20. The van der Waals surface area contributed by atoms with Crippen molar-refractivity contribution in [3.63, 3.8) is 0 Å². The molecule has 1 aromatic rings. The number of amides is 1. The van der Waals surface area contributed by atoms with E-state index in [1.165, 1.54) is 0 Å². The molecule has 1 saturated heterocycles. The van der Waals surface area contributed by atoms with E-state index >= 15 is 0 Å². The van der Waals surface area contributed by atoms with Crippen molar-refractivity contribution in [3.05, 3.63) is 28.7 Å². The minimum Gasteiger partial charge on any atom is -0.461 e. The third kappa shape index (κ3) is 4.33. The molecule has 1 spiro atoms. The Morgan fingerprint density at radius 3 is 2.90 bits per heavy atom. The van der Waals surface area contributed by atoms with Gasteiger partial charge >= 0.3 is 5.97 Å². The van der Waals surface area contributed by atoms with E-state index in [0.29, 0.717) is 31.8 Å². The van der Waals surface area contributed by atoms with Crippen molar-refractivity contribution in [1.82, 2.24) is 15.1 Å². The Balaban J connectivity index is 1.40. The van der Waals surface area contributed by atoms with Gasteiger partial charge in [0.2, 0.25) is 0 Å². The molecule has 30 heavy (non-hydrogen) atoms. The molecule has 3 aliphatic rings. The summed E-state index contributed by atoms with van der Waals surface area (Å²) in [6.45, 7) is 5.28. The molecule has 1 amide bonds. The lowest BCUT2D eigenvalue weighted by molar-refractivity contribution is -0.139. The van der Waals surface area contributed by atoms with Gasteiger partial charge in [-0.05, 0) is 50.0 Å². The number of unbranched alkanes of at least 4 members (excludes halogenated alkanes) is 1. The van der Waals surface area contributed by atoms with E-state index in [4.69, 9.17) is 14.6 Å². The lowest BCUT2D eigenvalue weighted by Crippen LogP contribution is -2.40. The first-order chi connectivity index (χ1) is 14.6. The van der Waals surface area contributed by atoms with Crippen molar-refractivity contribution in [2.75, 3.05) is 26.4 Å². The number of allylic oxidation sites excluding steroid dienone is 1. The number of fused-ring (bicyclic) bond motifs is 1. The number of rotatable bonds is 7. The van der Waals surface area contributed by atoms with Crippen LogP contribution in [0.1, 0.15) is 60.8 Å². The molecule has 0 unspecified atom stereocenters. The molecule has 0 aliphatic carbocycles. The summed E-state index contributed by atoms with van der Waals surface area (Å²) in [4.78, 5) is 28.7. The molecule has 4 rings (SSSR count). The smallest absolute Gasteiger partial charge is 0.356 e. The number of carbonyl (C=O) groups excluding carboxylic acids is 2. The summed E-state index contributed by atoms with van der Waals surface area (Å²) in [5.41, 5.74) is 3.12. The number of hydrogen-bond donors (Lipinski definition) is 1. The van der Waals surface area contributed by atoms with E-state index in [0.717, 1.165) is 68.7 Å². The van der Waals surface area contributed by atoms with Gasteiger partial charge in [-0.25, -0.2) is 4.79 Å². The Kier molecular flexibility index (Phi) is 6.32. The average Bonchev–Trinajstić information content (AvgIpc) is 3.38. The Hall–Kier alpha value is -2.48. The summed E-state index contributed by atoms with van der Waals surface area (Å²) in [5.74, 6) is -0.362. The highest BCUT2D eigenvalue weighted by molar-refractivity contribution is 5.97. The third-order valence-corrected chi connectivity index (χ3v) is 6.27. The van der Waals surface area contributed by atoms with Crippen LogP contribution in [0.3, 0.4) is 0 Å². The monoisotopic (exact) mass is 414 g/mol. The maximum Gasteiger partial charge on any atom is 0.356 e. The molecule has 4 heterocycles. The summed E-state index contributed by atoms with van der Waals surface area (Å²) >= 11 is 0. The number of esters is 1. The van der Waals surface area contributed by atoms with Gasteiger partial charge in [0.25, 0.3) is 5.91 Å². The standard InChI is InChI=1S/C22H30N4O4/c1-2-16-19-18(14-22(15-24-20(19)27)7-12-29-13-8-22)26(25-16)10-3-4-11-30-21(28)17-6-5-9-23-17/h6,9H,2-5,7-8,10-15H2,1H3,(H,24,27). The number of aromatic nitrogens is 2. The van der Waals surface area contributed by atoms with Crippen LogP contribution in [0.15, 0.2) is 16.8 Å². The first-order valence-electron chi connectivity index (χ1n) is 11.0. The van der Waals surface area contributed by atoms with E-state index in [2.05, 4.69) is 10.3 Å². The summed E-state index contributed by atoms with van der Waals surface area (Å²) in [5, 5.41) is 7.91. The van der Waals surface area contributed by atoms with Gasteiger partial charge in [-0.15, -0.1) is 0 Å². The van der Waals surface area contributed by atoms with Crippen LogP contribution in [-0.2, 0) is 33.7 Å². The number of aryl methyl sites for hydroxylation is 2. The molecule has 0 radical (unpaired) electrons. The maximum atomic E-state index is 12.8. The Morgan fingerprint density at radius 1 is 1.33 bits per heavy atom. The van der Waals surface area contributed by atoms with E-state index in [1.54, 1.807) is 12.3 Å². The van der Waals surface area contributed by atoms with Gasteiger partial charge in [0, 0.05) is 38.9 Å². The molecule has 0 saturated carbocycles. The van der Waals surface area contributed by atoms with Gasteiger partial charge in [0.15, 0.2) is 0 Å². The first kappa shape index (κ1) is 20.8. The van der Waals surface area contributed by atoms with Gasteiger partial charge in [-0.2, -0.15) is 5.10 Å². The van der Waals surface area contributed by atoms with Gasteiger partial charge < -0.3 is 14.8 Å². The quantitative estimate of drug-likeness (QED) is 0.545. The Labute approximate surface area is 176 Å². The fourth-order valence-electron chi connectivity index (χ4n) is 4.46. The molecule has 0 atom stereocenters. The lowest BCUT2D eigenvalue weighted by Gasteiger charge is -2.36. The van der Waals surface area contributed by atoms with Crippen LogP contribution < -0.4 is 5.32 Å². The van der Waals surface area contributed by atoms with Gasteiger partial charge in [-0.3, -0.25) is 14.5 Å². The number of nitrogens with one attached hydrogen (secondary N) is 1. The fourth-order valence-corrected chi connectivity index (χ4v) is 4.46. The van der Waals surface area contributed by atoms with Gasteiger partial charge in [0.1, 0.15) is 5.70 Å². The number of aliphatic imine (C=N–C) groups is 1. The topological polar surface area (TPSA) is 94.8 Å². The highest BCUT2D eigenvalue weighted by Crippen LogP contribution is 2.37. The molecule has 1 fully saturated rings. The van der Waals surface area contributed by atoms with E-state index in [1.807, 2.05) is 11.6 Å². The maximum absolute atomic E-state index is 12.8. The van der Waals surface area contributed by atoms with E-state index < -0.39 is 0 Å². The van der Waals surface area contributed by atoms with Gasteiger partial charge in [0.05, 0.1) is 23.6 Å². The molecule has 8 heteroatoms. The molecule has 0 bridgehead atoms. The highest BCUT2D eigenvalue weighted by Gasteiger charge is 2.39. The summed E-state index contributed by atoms with van der Waals surface area (Å²) < 4.78 is 12.9. The van der Waals surface area contributed by atoms with Crippen LogP contribution in [-0.4, -0.2) is 54.2 Å². The molecule has 8 nitrogen and oxygen atoms in total. The van der Waals surface area contributed by atoms with Crippen LogP contribution in [0.5, 0.6) is 0 Å². The Bertz CT molecular complexity index is 865. The number of carbonyl (C=O) groups is 2.